The van der Waals surface area contributed by atoms with E-state index in [1.807, 2.05) is 48.5 Å². The van der Waals surface area contributed by atoms with Crippen LogP contribution >= 0.6 is 0 Å². The number of piperidine rings is 1. The highest BCUT2D eigenvalue weighted by molar-refractivity contribution is 5.85. The Morgan fingerprint density at radius 2 is 1.82 bits per heavy atom. The number of amides is 2. The predicted octanol–water partition coefficient (Wildman–Crippen LogP) is 2.10. The Labute approximate surface area is 169 Å². The first-order valence-corrected chi connectivity index (χ1v) is 10.2. The molecule has 0 spiro atoms. The van der Waals surface area contributed by atoms with Crippen LogP contribution in [0.25, 0.3) is 0 Å². The molecule has 0 bridgehead atoms. The van der Waals surface area contributed by atoms with Crippen LogP contribution in [0.5, 0.6) is 0 Å². The van der Waals surface area contributed by atoms with Gasteiger partial charge in [-0.3, -0.25) is 4.79 Å². The monoisotopic (exact) mass is 397 g/mol. The van der Waals surface area contributed by atoms with E-state index < -0.39 is 5.60 Å². The van der Waals surface area contributed by atoms with Gasteiger partial charge in [0.25, 0.3) is 0 Å². The molecule has 8 nitrogen and oxygen atoms in total. The quantitative estimate of drug-likeness (QED) is 0.488. The first kappa shape index (κ1) is 24.0. The molecule has 8 heteroatoms. The van der Waals surface area contributed by atoms with Crippen molar-refractivity contribution in [3.63, 3.8) is 0 Å². The topological polar surface area (TPSA) is 95.1 Å². The fraction of sp³-hybridized carbons (Fsp3) is 0.850. The highest BCUT2D eigenvalue weighted by atomic mass is 16.6. The molecule has 0 aromatic heterocycles. The molecule has 1 rings (SSSR count). The first-order chi connectivity index (χ1) is 12.9. The predicted molar refractivity (Wildman–Crippen MR) is 112 cm³/mol. The van der Waals surface area contributed by atoms with Crippen LogP contribution in [0.1, 0.15) is 61.3 Å². The van der Waals surface area contributed by atoms with Crippen LogP contribution in [0.15, 0.2) is 4.99 Å². The van der Waals surface area contributed by atoms with E-state index in [2.05, 4.69) is 20.9 Å². The number of nitrogens with one attached hydrogen (secondary N) is 3. The van der Waals surface area contributed by atoms with Gasteiger partial charge < -0.3 is 25.6 Å². The lowest BCUT2D eigenvalue weighted by atomic mass is 9.98. The zero-order valence-corrected chi connectivity index (χ0v) is 18.6. The molecule has 1 unspecified atom stereocenters. The molecule has 0 aromatic rings. The second-order valence-corrected chi connectivity index (χ2v) is 9.31. The van der Waals surface area contributed by atoms with Crippen molar-refractivity contribution >= 4 is 18.0 Å². The maximum absolute atomic E-state index is 12.3. The van der Waals surface area contributed by atoms with Gasteiger partial charge in [-0.1, -0.05) is 0 Å². The Morgan fingerprint density at radius 1 is 1.14 bits per heavy atom. The summed E-state index contributed by atoms with van der Waals surface area (Å²) in [5, 5.41) is 9.35. The number of rotatable bonds is 5. The zero-order chi connectivity index (χ0) is 21.4. The Balaban J connectivity index is 2.54. The molecule has 1 aliphatic rings. The van der Waals surface area contributed by atoms with Gasteiger partial charge in [-0.05, 0) is 67.2 Å². The van der Waals surface area contributed by atoms with Crippen LogP contribution in [-0.2, 0) is 9.53 Å². The fourth-order valence-electron chi connectivity index (χ4n) is 2.92. The number of guanidine groups is 1. The number of carbonyl (C=O) groups excluding carboxylic acids is 2. The summed E-state index contributed by atoms with van der Waals surface area (Å²) >= 11 is 0. The molecule has 0 saturated carbocycles. The van der Waals surface area contributed by atoms with E-state index in [-0.39, 0.29) is 24.1 Å². The summed E-state index contributed by atoms with van der Waals surface area (Å²) in [5.74, 6) is 0.813. The standard InChI is InChI=1S/C20H39N5O3/c1-8-21-17(23-13-16(26)24-19(2,3)4)22-12-15-10-9-11-25(14-15)18(27)28-20(5,6)7/h15H,8-14H2,1-7H3,(H,24,26)(H2,21,22,23). The molecule has 1 saturated heterocycles. The number of likely N-dealkylation sites (tertiary alicyclic amines) is 1. The van der Waals surface area contributed by atoms with E-state index >= 15 is 0 Å². The number of aliphatic imine (C=N–C) groups is 1. The van der Waals surface area contributed by atoms with Crippen molar-refractivity contribution in [1.29, 1.82) is 0 Å². The third-order valence-electron chi connectivity index (χ3n) is 3.97. The van der Waals surface area contributed by atoms with Gasteiger partial charge in [-0.25, -0.2) is 9.79 Å². The average Bonchev–Trinajstić information content (AvgIpc) is 2.54. The van der Waals surface area contributed by atoms with E-state index in [1.54, 1.807) is 4.90 Å². The third-order valence-corrected chi connectivity index (χ3v) is 3.97. The third kappa shape index (κ3) is 10.4. The largest absolute Gasteiger partial charge is 0.444 e. The highest BCUT2D eigenvalue weighted by Gasteiger charge is 2.27. The van der Waals surface area contributed by atoms with E-state index in [0.29, 0.717) is 31.5 Å². The van der Waals surface area contributed by atoms with Gasteiger partial charge in [0.15, 0.2) is 5.96 Å². The van der Waals surface area contributed by atoms with Gasteiger partial charge >= 0.3 is 6.09 Å². The number of nitrogens with zero attached hydrogens (tertiary/aromatic N) is 2. The minimum absolute atomic E-state index is 0.0707. The Hall–Kier alpha value is -1.99. The number of hydrogen-bond acceptors (Lipinski definition) is 4. The van der Waals surface area contributed by atoms with Crippen LogP contribution in [0.3, 0.4) is 0 Å². The molecule has 162 valence electrons. The maximum atomic E-state index is 12.3. The molecule has 1 atom stereocenters. The molecule has 1 heterocycles. The van der Waals surface area contributed by atoms with E-state index in [0.717, 1.165) is 19.4 Å². The van der Waals surface area contributed by atoms with Gasteiger partial charge in [-0.15, -0.1) is 0 Å². The summed E-state index contributed by atoms with van der Waals surface area (Å²) in [4.78, 5) is 30.4. The molecular weight excluding hydrogens is 358 g/mol. The van der Waals surface area contributed by atoms with Crippen molar-refractivity contribution in [1.82, 2.24) is 20.9 Å². The molecule has 2 amide bonds. The number of ether oxygens (including phenoxy) is 1. The summed E-state index contributed by atoms with van der Waals surface area (Å²) in [5.41, 5.74) is -0.758. The molecule has 3 N–H and O–H groups in total. The van der Waals surface area contributed by atoms with Crippen LogP contribution in [0.2, 0.25) is 0 Å². The minimum Gasteiger partial charge on any atom is -0.444 e. The summed E-state index contributed by atoms with van der Waals surface area (Å²) in [6.07, 6.45) is 1.74. The first-order valence-electron chi connectivity index (χ1n) is 10.2. The van der Waals surface area contributed by atoms with Crippen molar-refractivity contribution in [2.45, 2.75) is 72.4 Å². The lowest BCUT2D eigenvalue weighted by molar-refractivity contribution is -0.121. The Morgan fingerprint density at radius 3 is 2.39 bits per heavy atom. The fourth-order valence-corrected chi connectivity index (χ4v) is 2.92. The summed E-state index contributed by atoms with van der Waals surface area (Å²) in [7, 11) is 0. The van der Waals surface area contributed by atoms with Crippen molar-refractivity contribution < 1.29 is 14.3 Å². The summed E-state index contributed by atoms with van der Waals surface area (Å²) in [6.45, 7) is 16.3. The SMILES string of the molecule is CCNC(=NCC(=O)NC(C)(C)C)NCC1CCCN(C(=O)OC(C)(C)C)C1. The van der Waals surface area contributed by atoms with E-state index in [1.165, 1.54) is 0 Å². The maximum Gasteiger partial charge on any atom is 0.410 e. The lowest BCUT2D eigenvalue weighted by Gasteiger charge is -2.34. The Kier molecular flexibility index (Phi) is 9.04. The molecule has 0 aromatic carbocycles. The summed E-state index contributed by atoms with van der Waals surface area (Å²) in [6, 6.07) is 0. The number of hydrogen-bond donors (Lipinski definition) is 3. The second-order valence-electron chi connectivity index (χ2n) is 9.31. The molecule has 0 radical (unpaired) electrons. The van der Waals surface area contributed by atoms with Crippen LogP contribution < -0.4 is 16.0 Å². The second kappa shape index (κ2) is 10.5. The molecular formula is C20H39N5O3. The van der Waals surface area contributed by atoms with E-state index in [9.17, 15) is 9.59 Å². The molecule has 1 aliphatic heterocycles. The molecule has 28 heavy (non-hydrogen) atoms. The lowest BCUT2D eigenvalue weighted by Crippen LogP contribution is -2.47. The highest BCUT2D eigenvalue weighted by Crippen LogP contribution is 2.18. The van der Waals surface area contributed by atoms with Crippen LogP contribution in [-0.4, -0.2) is 66.7 Å². The van der Waals surface area contributed by atoms with Crippen molar-refractivity contribution in [3.8, 4) is 0 Å². The molecule has 1 fully saturated rings. The van der Waals surface area contributed by atoms with Crippen molar-refractivity contribution in [2.24, 2.45) is 10.9 Å². The van der Waals surface area contributed by atoms with Gasteiger partial charge in [0.2, 0.25) is 5.91 Å². The normalized spacial score (nSPS) is 18.5. The van der Waals surface area contributed by atoms with Gasteiger partial charge in [0.05, 0.1) is 0 Å². The van der Waals surface area contributed by atoms with Crippen LogP contribution in [0, 0.1) is 5.92 Å². The van der Waals surface area contributed by atoms with Crippen LogP contribution in [0.4, 0.5) is 4.79 Å². The van der Waals surface area contributed by atoms with Gasteiger partial charge in [0.1, 0.15) is 12.1 Å². The van der Waals surface area contributed by atoms with E-state index in [4.69, 9.17) is 4.74 Å². The smallest absolute Gasteiger partial charge is 0.410 e. The minimum atomic E-state index is -0.485. The van der Waals surface area contributed by atoms with Gasteiger partial charge in [0, 0.05) is 31.7 Å². The van der Waals surface area contributed by atoms with Crippen molar-refractivity contribution in [3.05, 3.63) is 0 Å². The molecule has 0 aliphatic carbocycles. The average molecular weight is 398 g/mol. The summed E-state index contributed by atoms with van der Waals surface area (Å²) < 4.78 is 5.48. The zero-order valence-electron chi connectivity index (χ0n) is 18.6. The Bertz CT molecular complexity index is 549. The van der Waals surface area contributed by atoms with Crippen molar-refractivity contribution in [2.75, 3.05) is 32.7 Å². The number of carbonyl (C=O) groups is 2. The van der Waals surface area contributed by atoms with Gasteiger partial charge in [-0.2, -0.15) is 0 Å².